The molecule has 2 aliphatic heterocycles. The minimum Gasteiger partial charge on any atom is -0.394 e. The van der Waals surface area contributed by atoms with E-state index < -0.39 is 0 Å². The van der Waals surface area contributed by atoms with E-state index in [9.17, 15) is 4.79 Å². The molecule has 2 atom stereocenters. The summed E-state index contributed by atoms with van der Waals surface area (Å²) in [4.78, 5) is 14.5. The van der Waals surface area contributed by atoms with Crippen molar-refractivity contribution in [3.8, 4) is 0 Å². The summed E-state index contributed by atoms with van der Waals surface area (Å²) < 4.78 is 1.82. The van der Waals surface area contributed by atoms with Crippen LogP contribution in [0.5, 0.6) is 0 Å². The number of aliphatic hydroxyl groups is 1. The molecule has 0 aromatic carbocycles. The summed E-state index contributed by atoms with van der Waals surface area (Å²) >= 11 is 3.41. The second kappa shape index (κ2) is 5.46. The topological polar surface area (TPSA) is 84.4 Å². The van der Waals surface area contributed by atoms with Crippen LogP contribution in [0.1, 0.15) is 25.7 Å². The molecule has 2 bridgehead atoms. The zero-order valence-electron chi connectivity index (χ0n) is 11.2. The number of rotatable bonds is 3. The van der Waals surface area contributed by atoms with Gasteiger partial charge in [-0.2, -0.15) is 5.10 Å². The standard InChI is InChI=1S/C13H19BrN4O2/c14-12-11(7-16-17(3-4-19)13(12)20)18-9-1-2-10(18)6-8(15)5-9/h7-10,19H,1-6,15H2. The van der Waals surface area contributed by atoms with Crippen molar-refractivity contribution in [2.24, 2.45) is 5.73 Å². The molecule has 0 aliphatic carbocycles. The second-order valence-corrected chi connectivity index (χ2v) is 6.41. The molecule has 2 fully saturated rings. The number of nitrogens with two attached hydrogens (primary N) is 1. The average Bonchev–Trinajstić information content (AvgIpc) is 2.68. The highest BCUT2D eigenvalue weighted by Gasteiger charge is 2.40. The van der Waals surface area contributed by atoms with Crippen LogP contribution in [0.15, 0.2) is 15.5 Å². The Morgan fingerprint density at radius 2 is 2.05 bits per heavy atom. The average molecular weight is 343 g/mol. The van der Waals surface area contributed by atoms with Crippen molar-refractivity contribution < 1.29 is 5.11 Å². The van der Waals surface area contributed by atoms with Gasteiger partial charge >= 0.3 is 0 Å². The number of nitrogens with zero attached hydrogens (tertiary/aromatic N) is 3. The van der Waals surface area contributed by atoms with Gasteiger partial charge in [-0.25, -0.2) is 4.68 Å². The fraction of sp³-hybridized carbons (Fsp3) is 0.692. The van der Waals surface area contributed by atoms with Crippen molar-refractivity contribution in [1.82, 2.24) is 9.78 Å². The first-order chi connectivity index (χ1) is 9.61. The van der Waals surface area contributed by atoms with Crippen molar-refractivity contribution in [1.29, 1.82) is 0 Å². The fourth-order valence-electron chi connectivity index (χ4n) is 3.50. The minimum absolute atomic E-state index is 0.0947. The van der Waals surface area contributed by atoms with Crippen LogP contribution in [-0.4, -0.2) is 39.6 Å². The third kappa shape index (κ3) is 2.27. The van der Waals surface area contributed by atoms with E-state index in [1.807, 2.05) is 0 Å². The Bertz CT molecular complexity index is 548. The second-order valence-electron chi connectivity index (χ2n) is 5.62. The molecule has 0 amide bonds. The smallest absolute Gasteiger partial charge is 0.283 e. The van der Waals surface area contributed by atoms with Crippen molar-refractivity contribution in [3.05, 3.63) is 21.0 Å². The van der Waals surface area contributed by atoms with Crippen molar-refractivity contribution in [3.63, 3.8) is 0 Å². The molecular weight excluding hydrogens is 324 g/mol. The summed E-state index contributed by atoms with van der Waals surface area (Å²) in [6.45, 7) is 0.123. The molecule has 0 saturated carbocycles. The molecule has 0 radical (unpaired) electrons. The first-order valence-corrected chi connectivity index (χ1v) is 7.81. The Morgan fingerprint density at radius 3 is 2.65 bits per heavy atom. The van der Waals surface area contributed by atoms with Crippen LogP contribution in [0.25, 0.3) is 0 Å². The van der Waals surface area contributed by atoms with Gasteiger partial charge in [-0.15, -0.1) is 0 Å². The van der Waals surface area contributed by atoms with E-state index in [4.69, 9.17) is 10.8 Å². The Balaban J connectivity index is 1.96. The van der Waals surface area contributed by atoms with Gasteiger partial charge in [0.25, 0.3) is 5.56 Å². The molecule has 3 rings (SSSR count). The molecule has 3 heterocycles. The number of hydrogen-bond acceptors (Lipinski definition) is 5. The molecule has 1 aromatic rings. The van der Waals surface area contributed by atoms with E-state index in [2.05, 4.69) is 25.9 Å². The largest absolute Gasteiger partial charge is 0.394 e. The number of fused-ring (bicyclic) bond motifs is 2. The molecule has 1 aromatic heterocycles. The van der Waals surface area contributed by atoms with Crippen molar-refractivity contribution >= 4 is 21.6 Å². The Labute approximate surface area is 125 Å². The fourth-order valence-corrected chi connectivity index (χ4v) is 4.01. The van der Waals surface area contributed by atoms with Gasteiger partial charge in [-0.3, -0.25) is 4.79 Å². The molecule has 2 aliphatic rings. The summed E-state index contributed by atoms with van der Waals surface area (Å²) in [5.41, 5.74) is 6.76. The third-order valence-electron chi connectivity index (χ3n) is 4.33. The van der Waals surface area contributed by atoms with E-state index in [0.717, 1.165) is 31.4 Å². The Kier molecular flexibility index (Phi) is 3.83. The summed E-state index contributed by atoms with van der Waals surface area (Å²) in [6, 6.07) is 1.09. The van der Waals surface area contributed by atoms with Crippen LogP contribution in [0.4, 0.5) is 5.69 Å². The van der Waals surface area contributed by atoms with Gasteiger partial charge in [-0.05, 0) is 41.6 Å². The van der Waals surface area contributed by atoms with Crippen LogP contribution in [0.3, 0.4) is 0 Å². The number of aliphatic hydroxyl groups excluding tert-OH is 1. The maximum atomic E-state index is 12.2. The SMILES string of the molecule is NC1CC2CCC(C1)N2c1cnn(CCO)c(=O)c1Br. The van der Waals surface area contributed by atoms with E-state index >= 15 is 0 Å². The quantitative estimate of drug-likeness (QED) is 0.833. The lowest BCUT2D eigenvalue weighted by Crippen LogP contribution is -2.48. The normalized spacial score (nSPS) is 28.9. The lowest BCUT2D eigenvalue weighted by molar-refractivity contribution is 0.266. The molecule has 2 unspecified atom stereocenters. The third-order valence-corrected chi connectivity index (χ3v) is 5.07. The van der Waals surface area contributed by atoms with Gasteiger partial charge in [-0.1, -0.05) is 0 Å². The molecule has 6 nitrogen and oxygen atoms in total. The van der Waals surface area contributed by atoms with E-state index in [1.165, 1.54) is 4.68 Å². The molecule has 3 N–H and O–H groups in total. The van der Waals surface area contributed by atoms with Gasteiger partial charge in [0.1, 0.15) is 4.47 Å². The molecule has 7 heteroatoms. The van der Waals surface area contributed by atoms with Crippen LogP contribution in [-0.2, 0) is 6.54 Å². The summed E-state index contributed by atoms with van der Waals surface area (Å²) in [5, 5.41) is 13.1. The number of piperidine rings is 1. The molecule has 20 heavy (non-hydrogen) atoms. The van der Waals surface area contributed by atoms with E-state index in [1.54, 1.807) is 6.20 Å². The summed E-state index contributed by atoms with van der Waals surface area (Å²) in [6.07, 6.45) is 5.93. The van der Waals surface area contributed by atoms with E-state index in [-0.39, 0.29) is 24.8 Å². The van der Waals surface area contributed by atoms with Gasteiger partial charge in [0.05, 0.1) is 25.0 Å². The Hall–Kier alpha value is -0.920. The van der Waals surface area contributed by atoms with Gasteiger partial charge in [0, 0.05) is 18.1 Å². The highest BCUT2D eigenvalue weighted by molar-refractivity contribution is 9.10. The maximum Gasteiger partial charge on any atom is 0.283 e. The van der Waals surface area contributed by atoms with E-state index in [0.29, 0.717) is 16.6 Å². The molecule has 2 saturated heterocycles. The monoisotopic (exact) mass is 342 g/mol. The first-order valence-electron chi connectivity index (χ1n) is 7.02. The predicted octanol–water partition coefficient (Wildman–Crippen LogP) is 0.457. The zero-order valence-corrected chi connectivity index (χ0v) is 12.8. The first kappa shape index (κ1) is 14.0. The lowest BCUT2D eigenvalue weighted by Gasteiger charge is -2.39. The zero-order chi connectivity index (χ0) is 14.3. The Morgan fingerprint density at radius 1 is 1.40 bits per heavy atom. The predicted molar refractivity (Wildman–Crippen MR) is 79.8 cm³/mol. The molecular formula is C13H19BrN4O2. The van der Waals surface area contributed by atoms with Crippen LogP contribution < -0.4 is 16.2 Å². The highest BCUT2D eigenvalue weighted by atomic mass is 79.9. The minimum atomic E-state index is -0.189. The summed E-state index contributed by atoms with van der Waals surface area (Å²) in [5.74, 6) is 0. The maximum absolute atomic E-state index is 12.2. The number of anilines is 1. The van der Waals surface area contributed by atoms with Crippen LogP contribution >= 0.6 is 15.9 Å². The molecule has 110 valence electrons. The summed E-state index contributed by atoms with van der Waals surface area (Å²) in [7, 11) is 0. The van der Waals surface area contributed by atoms with Gasteiger partial charge in [0.15, 0.2) is 0 Å². The van der Waals surface area contributed by atoms with Crippen molar-refractivity contribution in [2.45, 2.75) is 50.4 Å². The number of halogens is 1. The van der Waals surface area contributed by atoms with Crippen molar-refractivity contribution in [2.75, 3.05) is 11.5 Å². The molecule has 0 spiro atoms. The van der Waals surface area contributed by atoms with Gasteiger partial charge in [0.2, 0.25) is 0 Å². The van der Waals surface area contributed by atoms with Crippen LogP contribution in [0, 0.1) is 0 Å². The number of aromatic nitrogens is 2. The highest BCUT2D eigenvalue weighted by Crippen LogP contribution is 2.40. The lowest BCUT2D eigenvalue weighted by atomic mass is 9.98. The number of hydrogen-bond donors (Lipinski definition) is 2. The van der Waals surface area contributed by atoms with Crippen LogP contribution in [0.2, 0.25) is 0 Å². The van der Waals surface area contributed by atoms with Gasteiger partial charge < -0.3 is 15.7 Å².